The lowest BCUT2D eigenvalue weighted by atomic mass is 10.2. The third-order valence-electron chi connectivity index (χ3n) is 2.02. The molecule has 1 amide bonds. The van der Waals surface area contributed by atoms with Crippen LogP contribution in [0.4, 0.5) is 0 Å². The Bertz CT molecular complexity index is 465. The molecule has 1 aromatic rings. The standard InChI is InChI=1S/C12H11ClN2O3/c13-10-3-1-9(2-4-10)12(17)15-7-5-11(16)18-8-6-14/h1-4H,5,7-8H2,(H,15,17). The zero-order chi connectivity index (χ0) is 13.4. The van der Waals surface area contributed by atoms with Crippen molar-refractivity contribution in [2.75, 3.05) is 13.2 Å². The summed E-state index contributed by atoms with van der Waals surface area (Å²) in [4.78, 5) is 22.6. The van der Waals surface area contributed by atoms with E-state index in [-0.39, 0.29) is 25.5 Å². The number of nitrogens with one attached hydrogen (secondary N) is 1. The molecule has 5 nitrogen and oxygen atoms in total. The number of hydrogen-bond donors (Lipinski definition) is 1. The first-order valence-electron chi connectivity index (χ1n) is 5.20. The number of rotatable bonds is 5. The highest BCUT2D eigenvalue weighted by Gasteiger charge is 2.06. The molecule has 0 atom stereocenters. The summed E-state index contributed by atoms with van der Waals surface area (Å²) in [5, 5.41) is 11.3. The maximum absolute atomic E-state index is 11.6. The molecule has 0 heterocycles. The number of benzene rings is 1. The molecular weight excluding hydrogens is 256 g/mol. The third-order valence-corrected chi connectivity index (χ3v) is 2.27. The molecule has 1 aromatic carbocycles. The first-order chi connectivity index (χ1) is 8.63. The minimum atomic E-state index is -0.520. The van der Waals surface area contributed by atoms with Crippen LogP contribution in [-0.2, 0) is 9.53 Å². The Balaban J connectivity index is 2.31. The van der Waals surface area contributed by atoms with Crippen molar-refractivity contribution in [2.24, 2.45) is 0 Å². The second-order valence-electron chi connectivity index (χ2n) is 3.33. The van der Waals surface area contributed by atoms with Crippen molar-refractivity contribution >= 4 is 23.5 Å². The van der Waals surface area contributed by atoms with Gasteiger partial charge in [-0.25, -0.2) is 0 Å². The van der Waals surface area contributed by atoms with Gasteiger partial charge in [0, 0.05) is 17.1 Å². The number of nitrogens with zero attached hydrogens (tertiary/aromatic N) is 1. The Labute approximate surface area is 109 Å². The highest BCUT2D eigenvalue weighted by Crippen LogP contribution is 2.09. The van der Waals surface area contributed by atoms with Crippen molar-refractivity contribution in [3.05, 3.63) is 34.9 Å². The van der Waals surface area contributed by atoms with Gasteiger partial charge in [0.25, 0.3) is 5.91 Å². The molecule has 0 aromatic heterocycles. The molecule has 0 aliphatic rings. The molecule has 0 unspecified atom stereocenters. The first kappa shape index (κ1) is 14.0. The largest absolute Gasteiger partial charge is 0.450 e. The van der Waals surface area contributed by atoms with Crippen LogP contribution >= 0.6 is 11.6 Å². The van der Waals surface area contributed by atoms with Gasteiger partial charge in [0.15, 0.2) is 6.61 Å². The molecule has 1 N–H and O–H groups in total. The van der Waals surface area contributed by atoms with Crippen LogP contribution in [0.1, 0.15) is 16.8 Å². The van der Waals surface area contributed by atoms with Gasteiger partial charge in [0.05, 0.1) is 6.42 Å². The van der Waals surface area contributed by atoms with Crippen molar-refractivity contribution in [3.8, 4) is 6.07 Å². The van der Waals surface area contributed by atoms with Gasteiger partial charge >= 0.3 is 5.97 Å². The molecule has 0 bridgehead atoms. The predicted octanol–water partition coefficient (Wildman–Crippen LogP) is 1.53. The highest BCUT2D eigenvalue weighted by molar-refractivity contribution is 6.30. The third kappa shape index (κ3) is 4.85. The van der Waals surface area contributed by atoms with E-state index in [1.807, 2.05) is 0 Å². The Kier molecular flexibility index (Phi) is 5.68. The summed E-state index contributed by atoms with van der Waals surface area (Å²) >= 11 is 5.69. The number of esters is 1. The van der Waals surface area contributed by atoms with Crippen LogP contribution in [-0.4, -0.2) is 25.0 Å². The SMILES string of the molecule is N#CCOC(=O)CCNC(=O)c1ccc(Cl)cc1. The molecule has 18 heavy (non-hydrogen) atoms. The van der Waals surface area contributed by atoms with Gasteiger partial charge in [-0.05, 0) is 24.3 Å². The number of nitriles is 1. The van der Waals surface area contributed by atoms with Crippen molar-refractivity contribution in [2.45, 2.75) is 6.42 Å². The predicted molar refractivity (Wildman–Crippen MR) is 65.0 cm³/mol. The van der Waals surface area contributed by atoms with Crippen LogP contribution in [0.5, 0.6) is 0 Å². The lowest BCUT2D eigenvalue weighted by Crippen LogP contribution is -2.26. The number of halogens is 1. The van der Waals surface area contributed by atoms with E-state index in [4.69, 9.17) is 16.9 Å². The van der Waals surface area contributed by atoms with Crippen molar-refractivity contribution in [3.63, 3.8) is 0 Å². The first-order valence-corrected chi connectivity index (χ1v) is 5.57. The number of ether oxygens (including phenoxy) is 1. The molecular formula is C12H11ClN2O3. The second kappa shape index (κ2) is 7.30. The van der Waals surface area contributed by atoms with Gasteiger partial charge in [-0.3, -0.25) is 9.59 Å². The average Bonchev–Trinajstić information content (AvgIpc) is 2.37. The van der Waals surface area contributed by atoms with Crippen LogP contribution in [0.15, 0.2) is 24.3 Å². The van der Waals surface area contributed by atoms with E-state index in [9.17, 15) is 9.59 Å². The van der Waals surface area contributed by atoms with E-state index in [1.165, 1.54) is 0 Å². The smallest absolute Gasteiger partial charge is 0.308 e. The van der Waals surface area contributed by atoms with Crippen molar-refractivity contribution in [1.29, 1.82) is 5.26 Å². The fraction of sp³-hybridized carbons (Fsp3) is 0.250. The van der Waals surface area contributed by atoms with Gasteiger partial charge in [-0.2, -0.15) is 5.26 Å². The average molecular weight is 267 g/mol. The van der Waals surface area contributed by atoms with Gasteiger partial charge in [0.2, 0.25) is 0 Å². The topological polar surface area (TPSA) is 79.2 Å². The zero-order valence-corrected chi connectivity index (χ0v) is 10.2. The van der Waals surface area contributed by atoms with Crippen molar-refractivity contribution in [1.82, 2.24) is 5.32 Å². The molecule has 94 valence electrons. The molecule has 6 heteroatoms. The van der Waals surface area contributed by atoms with E-state index in [1.54, 1.807) is 30.3 Å². The number of carbonyl (C=O) groups is 2. The van der Waals surface area contributed by atoms with E-state index in [0.29, 0.717) is 10.6 Å². The summed E-state index contributed by atoms with van der Waals surface area (Å²) in [6.45, 7) is -0.115. The molecule has 1 rings (SSSR count). The summed E-state index contributed by atoms with van der Waals surface area (Å²) in [5.41, 5.74) is 0.463. The highest BCUT2D eigenvalue weighted by atomic mass is 35.5. The molecule has 0 fully saturated rings. The number of amides is 1. The van der Waals surface area contributed by atoms with E-state index in [0.717, 1.165) is 0 Å². The van der Waals surface area contributed by atoms with Crippen LogP contribution in [0.3, 0.4) is 0 Å². The van der Waals surface area contributed by atoms with Gasteiger partial charge in [-0.15, -0.1) is 0 Å². The number of carbonyl (C=O) groups excluding carboxylic acids is 2. The summed E-state index contributed by atoms with van der Waals surface area (Å²) in [6.07, 6.45) is 0.0288. The monoisotopic (exact) mass is 266 g/mol. The zero-order valence-electron chi connectivity index (χ0n) is 9.48. The number of hydrogen-bond acceptors (Lipinski definition) is 4. The Morgan fingerprint density at radius 1 is 1.33 bits per heavy atom. The van der Waals surface area contributed by atoms with Crippen LogP contribution in [0.25, 0.3) is 0 Å². The minimum Gasteiger partial charge on any atom is -0.450 e. The maximum atomic E-state index is 11.6. The maximum Gasteiger partial charge on any atom is 0.308 e. The van der Waals surface area contributed by atoms with Crippen molar-refractivity contribution < 1.29 is 14.3 Å². The molecule has 0 aliphatic heterocycles. The minimum absolute atomic E-state index is 0.0288. The summed E-state index contributed by atoms with van der Waals surface area (Å²) < 4.78 is 4.53. The van der Waals surface area contributed by atoms with Gasteiger partial charge in [-0.1, -0.05) is 11.6 Å². The lowest BCUT2D eigenvalue weighted by molar-refractivity contribution is -0.142. The molecule has 0 saturated carbocycles. The second-order valence-corrected chi connectivity index (χ2v) is 3.77. The van der Waals surface area contributed by atoms with Gasteiger partial charge < -0.3 is 10.1 Å². The normalized spacial score (nSPS) is 9.33. The van der Waals surface area contributed by atoms with Crippen LogP contribution < -0.4 is 5.32 Å². The Morgan fingerprint density at radius 3 is 2.61 bits per heavy atom. The van der Waals surface area contributed by atoms with E-state index < -0.39 is 5.97 Å². The molecule has 0 saturated heterocycles. The lowest BCUT2D eigenvalue weighted by Gasteiger charge is -2.04. The van der Waals surface area contributed by atoms with Crippen LogP contribution in [0, 0.1) is 11.3 Å². The Morgan fingerprint density at radius 2 is 2.00 bits per heavy atom. The summed E-state index contributed by atoms with van der Waals surface area (Å²) in [5.74, 6) is -0.812. The quantitative estimate of drug-likeness (QED) is 0.820. The summed E-state index contributed by atoms with van der Waals surface area (Å²) in [6, 6.07) is 8.08. The van der Waals surface area contributed by atoms with Gasteiger partial charge in [0.1, 0.15) is 6.07 Å². The fourth-order valence-electron chi connectivity index (χ4n) is 1.17. The molecule has 0 radical (unpaired) electrons. The summed E-state index contributed by atoms with van der Waals surface area (Å²) in [7, 11) is 0. The molecule has 0 spiro atoms. The van der Waals surface area contributed by atoms with E-state index >= 15 is 0 Å². The van der Waals surface area contributed by atoms with E-state index in [2.05, 4.69) is 10.1 Å². The van der Waals surface area contributed by atoms with Crippen LogP contribution in [0.2, 0.25) is 5.02 Å². The Hall–Kier alpha value is -2.06. The molecule has 0 aliphatic carbocycles. The fourth-order valence-corrected chi connectivity index (χ4v) is 1.29.